The minimum Gasteiger partial charge on any atom is -0.377 e. The molecule has 0 heterocycles. The van der Waals surface area contributed by atoms with Gasteiger partial charge in [-0.2, -0.15) is 0 Å². The Kier molecular flexibility index (Phi) is 6.22. The average Bonchev–Trinajstić information content (AvgIpc) is 2.03. The smallest absolute Gasteiger partial charge is 0.101 e. The van der Waals surface area contributed by atoms with Gasteiger partial charge in [0.15, 0.2) is 0 Å². The molecule has 15 heavy (non-hydrogen) atoms. The Morgan fingerprint density at radius 3 is 1.27 bits per heavy atom. The maximum atomic E-state index is 3.83. The first-order valence-electron chi connectivity index (χ1n) is 5.42. The lowest BCUT2D eigenvalue weighted by Crippen LogP contribution is -2.72. The largest absolute Gasteiger partial charge is 0.377 e. The SMILES string of the molecule is C[Si](C)[Si](C)(C)N([Si][Si])[Si](C)(C)[Si](C)C. The fraction of sp³-hybridized carbons (Fsp3) is 1.00. The van der Waals surface area contributed by atoms with E-state index in [2.05, 4.69) is 66.0 Å². The molecule has 0 N–H and O–H groups in total. The van der Waals surface area contributed by atoms with Crippen LogP contribution < -0.4 is 0 Å². The topological polar surface area (TPSA) is 3.24 Å². The minimum atomic E-state index is -1.12. The Hall–Kier alpha value is 1.26. The van der Waals surface area contributed by atoms with Gasteiger partial charge in [-0.05, 0) is 0 Å². The van der Waals surface area contributed by atoms with Crippen LogP contribution in [0.2, 0.25) is 52.4 Å². The highest BCUT2D eigenvalue weighted by Crippen LogP contribution is 2.22. The molecule has 0 saturated heterocycles. The van der Waals surface area contributed by atoms with Crippen molar-refractivity contribution in [1.29, 1.82) is 0 Å². The summed E-state index contributed by atoms with van der Waals surface area (Å²) in [6.45, 7) is 20.3. The van der Waals surface area contributed by atoms with E-state index in [1.807, 2.05) is 0 Å². The molecule has 0 saturated carbocycles. The molecule has 0 aliphatic rings. The van der Waals surface area contributed by atoms with Crippen LogP contribution in [0.4, 0.5) is 0 Å². The lowest BCUT2D eigenvalue weighted by molar-refractivity contribution is 1.01. The van der Waals surface area contributed by atoms with Gasteiger partial charge in [-0.25, -0.2) is 0 Å². The highest BCUT2D eigenvalue weighted by atomic mass is 29.3. The minimum absolute atomic E-state index is 0.145. The second-order valence-electron chi connectivity index (χ2n) is 5.57. The molecule has 1 nitrogen and oxygen atoms in total. The van der Waals surface area contributed by atoms with Crippen LogP contribution in [0.25, 0.3) is 0 Å². The summed E-state index contributed by atoms with van der Waals surface area (Å²) in [4.78, 5) is 0. The first kappa shape index (κ1) is 16.3. The quantitative estimate of drug-likeness (QED) is 0.703. The fourth-order valence-electron chi connectivity index (χ4n) is 1.43. The normalized spacial score (nSPS) is 14.4. The maximum Gasteiger partial charge on any atom is 0.101 e. The maximum absolute atomic E-state index is 3.83. The summed E-state index contributed by atoms with van der Waals surface area (Å²) in [6.07, 6.45) is 0. The molecule has 0 rings (SSSR count). The van der Waals surface area contributed by atoms with Crippen molar-refractivity contribution < 1.29 is 0 Å². The Balaban J connectivity index is 5.07. The molecule has 0 spiro atoms. The van der Waals surface area contributed by atoms with Gasteiger partial charge in [-0.1, -0.05) is 52.4 Å². The zero-order chi connectivity index (χ0) is 12.4. The van der Waals surface area contributed by atoms with Gasteiger partial charge in [0.05, 0.1) is 32.1 Å². The van der Waals surface area contributed by atoms with Gasteiger partial charge in [0.25, 0.3) is 0 Å². The van der Waals surface area contributed by atoms with E-state index in [9.17, 15) is 0 Å². The first-order valence-corrected chi connectivity index (χ1v) is 20.8. The van der Waals surface area contributed by atoms with Crippen LogP contribution in [0.5, 0.6) is 0 Å². The van der Waals surface area contributed by atoms with Crippen LogP contribution in [-0.4, -0.2) is 55.0 Å². The summed E-state index contributed by atoms with van der Waals surface area (Å²) in [5, 5.41) is 0. The zero-order valence-electron chi connectivity index (χ0n) is 11.4. The van der Waals surface area contributed by atoms with E-state index in [4.69, 9.17) is 0 Å². The van der Waals surface area contributed by atoms with Crippen molar-refractivity contribution in [3.05, 3.63) is 0 Å². The Bertz CT molecular complexity index is 183. The summed E-state index contributed by atoms with van der Waals surface area (Å²) >= 11 is 0. The van der Waals surface area contributed by atoms with E-state index in [1.165, 1.54) is 0 Å². The Labute approximate surface area is 107 Å². The molecule has 0 aromatic heterocycles. The summed E-state index contributed by atoms with van der Waals surface area (Å²) in [7, 11) is 2.15. The molecule has 0 aromatic carbocycles. The van der Waals surface area contributed by atoms with Gasteiger partial charge in [-0.15, -0.1) is 0 Å². The van der Waals surface area contributed by atoms with Gasteiger partial charge >= 0.3 is 0 Å². The molecule has 0 fully saturated rings. The standard InChI is InChI=1S/C8H24NSi6/c1-12(2)14(5,6)9(11-10)15(7,8)13(3)4/h1-8H3. The summed E-state index contributed by atoms with van der Waals surface area (Å²) < 4.78 is 2.96. The van der Waals surface area contributed by atoms with Crippen LogP contribution in [-0.2, 0) is 0 Å². The molecule has 7 heteroatoms. The average molecular weight is 303 g/mol. The number of nitrogens with zero attached hydrogens (tertiary/aromatic N) is 1. The molecule has 0 bridgehead atoms. The van der Waals surface area contributed by atoms with E-state index >= 15 is 0 Å². The monoisotopic (exact) mass is 302 g/mol. The van der Waals surface area contributed by atoms with Crippen LogP contribution in [0.1, 0.15) is 0 Å². The second kappa shape index (κ2) is 5.74. The van der Waals surface area contributed by atoms with Crippen molar-refractivity contribution in [3.8, 4) is 0 Å². The van der Waals surface area contributed by atoms with E-state index < -0.39 is 15.5 Å². The molecule has 0 amide bonds. The van der Waals surface area contributed by atoms with Crippen molar-refractivity contribution >= 4 is 51.1 Å². The van der Waals surface area contributed by atoms with Crippen LogP contribution in [0.3, 0.4) is 0 Å². The van der Waals surface area contributed by atoms with Crippen molar-refractivity contribution in [2.75, 3.05) is 0 Å². The van der Waals surface area contributed by atoms with Gasteiger partial charge in [-0.3, -0.25) is 0 Å². The third kappa shape index (κ3) is 3.61. The number of rotatable bonds is 5. The predicted molar refractivity (Wildman–Crippen MR) is 83.3 cm³/mol. The molecule has 0 atom stereocenters. The van der Waals surface area contributed by atoms with Crippen molar-refractivity contribution in [2.24, 2.45) is 0 Å². The predicted octanol–water partition coefficient (Wildman–Crippen LogP) is 2.07. The Morgan fingerprint density at radius 2 is 1.13 bits per heavy atom. The number of hydrogen-bond donors (Lipinski definition) is 0. The van der Waals surface area contributed by atoms with Gasteiger partial charge in [0, 0.05) is 9.76 Å². The lowest BCUT2D eigenvalue weighted by Gasteiger charge is -2.50. The van der Waals surface area contributed by atoms with Crippen molar-refractivity contribution in [1.82, 2.24) is 3.90 Å². The van der Waals surface area contributed by atoms with E-state index in [1.54, 1.807) is 0 Å². The van der Waals surface area contributed by atoms with Crippen molar-refractivity contribution in [3.63, 3.8) is 0 Å². The van der Waals surface area contributed by atoms with Gasteiger partial charge in [0.2, 0.25) is 0 Å². The Morgan fingerprint density at radius 1 is 0.867 bits per heavy atom. The molecule has 7 radical (unpaired) electrons. The van der Waals surface area contributed by atoms with Crippen LogP contribution in [0.15, 0.2) is 0 Å². The molecule has 0 aliphatic carbocycles. The van der Waals surface area contributed by atoms with Crippen molar-refractivity contribution in [2.45, 2.75) is 52.4 Å². The lowest BCUT2D eigenvalue weighted by atomic mass is 11.9. The van der Waals surface area contributed by atoms with Gasteiger partial charge < -0.3 is 3.90 Å². The van der Waals surface area contributed by atoms with Crippen LogP contribution >= 0.6 is 0 Å². The molecule has 0 aliphatic heterocycles. The highest BCUT2D eigenvalue weighted by Gasteiger charge is 2.43. The molecule has 0 aromatic rings. The molecule has 85 valence electrons. The summed E-state index contributed by atoms with van der Waals surface area (Å²) in [6, 6.07) is 0. The first-order chi connectivity index (χ1) is 6.58. The zero-order valence-corrected chi connectivity index (χ0v) is 17.4. The molecular weight excluding hydrogens is 279 g/mol. The summed E-state index contributed by atoms with van der Waals surface area (Å²) in [5.41, 5.74) is 0. The van der Waals surface area contributed by atoms with Crippen LogP contribution in [0, 0.1) is 0 Å². The van der Waals surface area contributed by atoms with Gasteiger partial charge in [0.1, 0.15) is 9.20 Å². The third-order valence-corrected chi connectivity index (χ3v) is 39.1. The highest BCUT2D eigenvalue weighted by molar-refractivity contribution is 7.42. The second-order valence-corrected chi connectivity index (χ2v) is 32.7. The number of hydrogen-bond acceptors (Lipinski definition) is 1. The van der Waals surface area contributed by atoms with E-state index in [0.29, 0.717) is 0 Å². The molecule has 0 unspecified atom stereocenters. The summed E-state index contributed by atoms with van der Waals surface area (Å²) in [5.74, 6) is 0. The molecular formula is C8H24NSi6. The third-order valence-electron chi connectivity index (χ3n) is 3.68. The van der Waals surface area contributed by atoms with E-state index in [0.717, 1.165) is 9.20 Å². The van der Waals surface area contributed by atoms with E-state index in [-0.39, 0.29) is 16.6 Å². The fourth-order valence-corrected chi connectivity index (χ4v) is 35.0.